The molecule has 1 aliphatic rings. The number of hydrogen-bond acceptors (Lipinski definition) is 6. The van der Waals surface area contributed by atoms with E-state index in [-0.39, 0.29) is 0 Å². The Morgan fingerprint density at radius 2 is 2.05 bits per heavy atom. The average Bonchev–Trinajstić information content (AvgIpc) is 3.24. The highest BCUT2D eigenvalue weighted by molar-refractivity contribution is 8.22. The van der Waals surface area contributed by atoms with Crippen molar-refractivity contribution >= 4 is 28.3 Å². The van der Waals surface area contributed by atoms with E-state index in [1.54, 1.807) is 18.9 Å². The van der Waals surface area contributed by atoms with Gasteiger partial charge in [0.1, 0.15) is 10.1 Å². The summed E-state index contributed by atoms with van der Waals surface area (Å²) in [6.45, 7) is 2.13. The zero-order chi connectivity index (χ0) is 15.4. The van der Waals surface area contributed by atoms with Crippen LogP contribution in [0, 0.1) is 0 Å². The van der Waals surface area contributed by atoms with Gasteiger partial charge in [0.25, 0.3) is 5.89 Å². The van der Waals surface area contributed by atoms with E-state index in [0.29, 0.717) is 17.5 Å². The molecule has 0 bridgehead atoms. The van der Waals surface area contributed by atoms with Gasteiger partial charge < -0.3 is 14.2 Å². The van der Waals surface area contributed by atoms with Crippen molar-refractivity contribution in [3.63, 3.8) is 0 Å². The zero-order valence-corrected chi connectivity index (χ0v) is 14.0. The largest absolute Gasteiger partial charge is 0.497 e. The van der Waals surface area contributed by atoms with Crippen molar-refractivity contribution in [2.24, 2.45) is 0 Å². The Morgan fingerprint density at radius 1 is 1.32 bits per heavy atom. The highest BCUT2D eigenvalue weighted by Crippen LogP contribution is 2.23. The molecule has 2 aromatic rings. The van der Waals surface area contributed by atoms with E-state index >= 15 is 0 Å². The molecular formula is C15H17N3O2S2. The van der Waals surface area contributed by atoms with E-state index in [0.717, 1.165) is 28.7 Å². The molecule has 1 aromatic carbocycles. The van der Waals surface area contributed by atoms with Crippen LogP contribution in [0.3, 0.4) is 0 Å². The molecule has 0 spiro atoms. The minimum atomic E-state index is 0.519. The van der Waals surface area contributed by atoms with Crippen LogP contribution in [-0.4, -0.2) is 39.6 Å². The highest BCUT2D eigenvalue weighted by atomic mass is 32.2. The summed E-state index contributed by atoms with van der Waals surface area (Å²) in [5.41, 5.74) is 0.881. The first kappa shape index (κ1) is 15.3. The third-order valence-corrected chi connectivity index (χ3v) is 5.01. The molecule has 5 nitrogen and oxygen atoms in total. The summed E-state index contributed by atoms with van der Waals surface area (Å²) in [5.74, 6) is 2.62. The molecule has 0 aliphatic carbocycles. The van der Waals surface area contributed by atoms with Gasteiger partial charge in [0.2, 0.25) is 0 Å². The van der Waals surface area contributed by atoms with E-state index in [9.17, 15) is 0 Å². The fraction of sp³-hybridized carbons (Fsp3) is 0.400. The summed E-state index contributed by atoms with van der Waals surface area (Å²) in [7, 11) is 1.64. The van der Waals surface area contributed by atoms with Gasteiger partial charge >= 0.3 is 0 Å². The summed E-state index contributed by atoms with van der Waals surface area (Å²) in [4.78, 5) is 6.66. The van der Waals surface area contributed by atoms with Crippen molar-refractivity contribution in [1.82, 2.24) is 15.0 Å². The molecule has 3 rings (SSSR count). The quantitative estimate of drug-likeness (QED) is 0.794. The van der Waals surface area contributed by atoms with Gasteiger partial charge in [0, 0.05) is 18.7 Å². The molecule has 2 heterocycles. The maximum atomic E-state index is 5.43. The molecule has 22 heavy (non-hydrogen) atoms. The van der Waals surface area contributed by atoms with Gasteiger partial charge in [0.15, 0.2) is 5.82 Å². The van der Waals surface area contributed by atoms with Crippen molar-refractivity contribution in [1.29, 1.82) is 0 Å². The molecule has 0 amide bonds. The number of thiocarbonyl (C=S) groups is 1. The van der Waals surface area contributed by atoms with Gasteiger partial charge in [0.05, 0.1) is 12.9 Å². The van der Waals surface area contributed by atoms with Crippen LogP contribution in [0.25, 0.3) is 11.5 Å². The fourth-order valence-corrected chi connectivity index (χ4v) is 3.38. The number of aromatic nitrogens is 2. The third kappa shape index (κ3) is 3.59. The summed E-state index contributed by atoms with van der Waals surface area (Å²) in [6, 6.07) is 7.54. The maximum absolute atomic E-state index is 5.43. The van der Waals surface area contributed by atoms with E-state index < -0.39 is 0 Å². The van der Waals surface area contributed by atoms with Crippen molar-refractivity contribution in [3.8, 4) is 17.2 Å². The van der Waals surface area contributed by atoms with Crippen LogP contribution in [0.5, 0.6) is 5.75 Å². The minimum absolute atomic E-state index is 0.519. The topological polar surface area (TPSA) is 51.4 Å². The van der Waals surface area contributed by atoms with Crippen molar-refractivity contribution in [3.05, 3.63) is 30.1 Å². The second kappa shape index (κ2) is 7.11. The Hall–Kier alpha value is -1.60. The lowest BCUT2D eigenvalue weighted by atomic mass is 10.2. The molecule has 1 saturated heterocycles. The van der Waals surface area contributed by atoms with Crippen molar-refractivity contribution in [2.75, 3.05) is 20.2 Å². The number of hydrogen-bond donors (Lipinski definition) is 0. The van der Waals surface area contributed by atoms with Crippen molar-refractivity contribution < 1.29 is 9.26 Å². The van der Waals surface area contributed by atoms with Gasteiger partial charge in [-0.1, -0.05) is 29.1 Å². The van der Waals surface area contributed by atoms with Crippen LogP contribution in [0.1, 0.15) is 18.7 Å². The number of ether oxygens (including phenoxy) is 1. The van der Waals surface area contributed by atoms with Crippen LogP contribution in [-0.2, 0) is 5.75 Å². The summed E-state index contributed by atoms with van der Waals surface area (Å²) in [6.07, 6.45) is 2.45. The Bertz CT molecular complexity index is 636. The lowest BCUT2D eigenvalue weighted by Crippen LogP contribution is -2.23. The molecule has 0 atom stereocenters. The normalized spacial score (nSPS) is 14.3. The summed E-state index contributed by atoms with van der Waals surface area (Å²) in [5, 5.41) is 4.02. The first-order chi connectivity index (χ1) is 10.8. The van der Waals surface area contributed by atoms with E-state index in [4.69, 9.17) is 21.5 Å². The molecule has 1 aromatic heterocycles. The number of rotatable bonds is 4. The van der Waals surface area contributed by atoms with Gasteiger partial charge in [-0.2, -0.15) is 4.98 Å². The monoisotopic (exact) mass is 335 g/mol. The number of thioether (sulfide) groups is 1. The van der Waals surface area contributed by atoms with Crippen LogP contribution in [0.4, 0.5) is 0 Å². The van der Waals surface area contributed by atoms with Gasteiger partial charge in [-0.05, 0) is 37.1 Å². The standard InChI is InChI=1S/C15H17N3O2S2/c1-19-12-6-4-11(5-7-12)14-16-13(17-20-14)10-22-15(21)18-8-2-3-9-18/h4-7H,2-3,8-10H2,1H3. The number of benzene rings is 1. The lowest BCUT2D eigenvalue weighted by Gasteiger charge is -2.16. The molecule has 1 fully saturated rings. The first-order valence-corrected chi connectivity index (χ1v) is 8.54. The first-order valence-electron chi connectivity index (χ1n) is 7.15. The average molecular weight is 335 g/mol. The van der Waals surface area contributed by atoms with E-state index in [1.165, 1.54) is 12.8 Å². The molecular weight excluding hydrogens is 318 g/mol. The van der Waals surface area contributed by atoms with Gasteiger partial charge in [-0.15, -0.1) is 0 Å². The number of likely N-dealkylation sites (tertiary alicyclic amines) is 1. The summed E-state index contributed by atoms with van der Waals surface area (Å²) < 4.78 is 11.4. The van der Waals surface area contributed by atoms with Gasteiger partial charge in [-0.3, -0.25) is 0 Å². The Balaban J connectivity index is 1.59. The molecule has 0 radical (unpaired) electrons. The molecule has 0 unspecified atom stereocenters. The number of nitrogens with zero attached hydrogens (tertiary/aromatic N) is 3. The maximum Gasteiger partial charge on any atom is 0.257 e. The second-order valence-corrected chi connectivity index (χ2v) is 6.60. The molecule has 116 valence electrons. The third-order valence-electron chi connectivity index (χ3n) is 3.49. The molecule has 0 N–H and O–H groups in total. The lowest BCUT2D eigenvalue weighted by molar-refractivity contribution is 0.414. The predicted octanol–water partition coefficient (Wildman–Crippen LogP) is 3.36. The predicted molar refractivity (Wildman–Crippen MR) is 91.0 cm³/mol. The molecule has 7 heteroatoms. The fourth-order valence-electron chi connectivity index (χ4n) is 2.28. The van der Waals surface area contributed by atoms with Crippen LogP contribution in [0.15, 0.2) is 28.8 Å². The molecule has 1 aliphatic heterocycles. The Morgan fingerprint density at radius 3 is 2.73 bits per heavy atom. The molecule has 0 saturated carbocycles. The number of methoxy groups -OCH3 is 1. The highest BCUT2D eigenvalue weighted by Gasteiger charge is 2.16. The Labute approximate surface area is 139 Å². The van der Waals surface area contributed by atoms with Crippen LogP contribution >= 0.6 is 24.0 Å². The SMILES string of the molecule is COc1ccc(-c2nc(CSC(=S)N3CCCC3)no2)cc1. The van der Waals surface area contributed by atoms with E-state index in [2.05, 4.69) is 15.0 Å². The van der Waals surface area contributed by atoms with Gasteiger partial charge in [-0.25, -0.2) is 0 Å². The van der Waals surface area contributed by atoms with Crippen LogP contribution < -0.4 is 4.74 Å². The Kier molecular flexibility index (Phi) is 4.94. The second-order valence-electron chi connectivity index (χ2n) is 4.99. The smallest absolute Gasteiger partial charge is 0.257 e. The zero-order valence-electron chi connectivity index (χ0n) is 12.3. The van der Waals surface area contributed by atoms with E-state index in [1.807, 2.05) is 24.3 Å². The van der Waals surface area contributed by atoms with Crippen LogP contribution in [0.2, 0.25) is 0 Å². The summed E-state index contributed by atoms with van der Waals surface area (Å²) >= 11 is 7.02. The minimum Gasteiger partial charge on any atom is -0.497 e. The van der Waals surface area contributed by atoms with Crippen molar-refractivity contribution in [2.45, 2.75) is 18.6 Å².